The van der Waals surface area contributed by atoms with E-state index in [0.717, 1.165) is 55.3 Å². The summed E-state index contributed by atoms with van der Waals surface area (Å²) in [6.45, 7) is 34.2. The van der Waals surface area contributed by atoms with Gasteiger partial charge in [-0.2, -0.15) is 0 Å². The molecule has 3 saturated carbocycles. The number of carbonyl (C=O) groups is 7. The molecule has 3 N–H and O–H groups in total. The van der Waals surface area contributed by atoms with Crippen molar-refractivity contribution in [2.24, 2.45) is 46.3 Å². The number of hydrogen-bond donors (Lipinski definition) is 3. The first-order chi connectivity index (χ1) is 37.5. The maximum absolute atomic E-state index is 13.9. The van der Waals surface area contributed by atoms with Crippen molar-refractivity contribution >= 4 is 41.7 Å². The first-order valence-corrected chi connectivity index (χ1v) is 31.4. The smallest absolute Gasteiger partial charge is 0.410 e. The summed E-state index contributed by atoms with van der Waals surface area (Å²) in [5, 5.41) is 8.45. The Morgan fingerprint density at radius 2 is 1.15 bits per heavy atom. The molecule has 1 unspecified atom stereocenters. The van der Waals surface area contributed by atoms with Crippen LogP contribution in [0.25, 0.3) is 0 Å². The average molecular weight is 1140 g/mol. The monoisotopic (exact) mass is 1140 g/mol. The van der Waals surface area contributed by atoms with Crippen LogP contribution in [0.5, 0.6) is 0 Å². The minimum atomic E-state index is -0.971. The van der Waals surface area contributed by atoms with Crippen LogP contribution >= 0.6 is 0 Å². The van der Waals surface area contributed by atoms with Gasteiger partial charge < -0.3 is 39.8 Å². The van der Waals surface area contributed by atoms with Crippen LogP contribution in [-0.2, 0) is 47.7 Å². The van der Waals surface area contributed by atoms with Crippen molar-refractivity contribution in [2.75, 3.05) is 39.3 Å². The number of ether oxygens (including phenoxy) is 4. The van der Waals surface area contributed by atoms with Gasteiger partial charge in [0.15, 0.2) is 0 Å². The van der Waals surface area contributed by atoms with Crippen LogP contribution in [0.1, 0.15) is 240 Å². The van der Waals surface area contributed by atoms with E-state index in [1.807, 2.05) is 25.7 Å². The molecule has 0 heterocycles. The molecule has 0 radical (unpaired) electrons. The maximum Gasteiger partial charge on any atom is 0.410 e. The number of fused-ring (bicyclic) bond motifs is 5. The number of nitrogens with zero attached hydrogens (tertiary/aromatic N) is 2. The van der Waals surface area contributed by atoms with Crippen LogP contribution in [0.2, 0.25) is 0 Å². The first-order valence-electron chi connectivity index (χ1n) is 31.4. The van der Waals surface area contributed by atoms with Crippen molar-refractivity contribution in [2.45, 2.75) is 274 Å². The molecule has 4 amide bonds. The van der Waals surface area contributed by atoms with Crippen molar-refractivity contribution in [3.63, 3.8) is 0 Å². The second kappa shape index (κ2) is 30.0. The molecule has 0 aromatic carbocycles. The van der Waals surface area contributed by atoms with E-state index in [1.54, 1.807) is 67.9 Å². The Morgan fingerprint density at radius 1 is 0.593 bits per heavy atom. The fourth-order valence-corrected chi connectivity index (χ4v) is 14.0. The average Bonchev–Trinajstić information content (AvgIpc) is 3.72. The SMILES string of the molecule is CC(C)CCC[C@@H](C)[C@H]1CC[C@H]2[C@@H]3CC=C4C[C@@H](N(CCCCC(=O)NCCC(=O)NCCC(=O)NCCCCC(C(=O)OC(C)(C)C)N(CC(=O)OC(C)(C)C)CC(=O)OC(C)(C)C)C(=O)OC(C)(C)C)CC[C@]4(C)[C@H]3CC[C@]12C. The van der Waals surface area contributed by atoms with E-state index in [2.05, 4.69) is 56.6 Å². The Hall–Kier alpha value is -4.21. The zero-order valence-corrected chi connectivity index (χ0v) is 53.8. The maximum atomic E-state index is 13.9. The Bertz CT molecular complexity index is 2100. The third-order valence-corrected chi connectivity index (χ3v) is 17.6. The van der Waals surface area contributed by atoms with Crippen LogP contribution < -0.4 is 16.0 Å². The summed E-state index contributed by atoms with van der Waals surface area (Å²) in [5.74, 6) is 2.13. The first kappa shape index (κ1) is 69.3. The van der Waals surface area contributed by atoms with Crippen LogP contribution in [0.4, 0.5) is 4.79 Å². The number of amides is 4. The van der Waals surface area contributed by atoms with Gasteiger partial charge in [0.25, 0.3) is 0 Å². The number of unbranched alkanes of at least 4 members (excludes halogenated alkanes) is 2. The lowest BCUT2D eigenvalue weighted by molar-refractivity contribution is -0.168. The highest BCUT2D eigenvalue weighted by atomic mass is 16.6. The second-order valence-corrected chi connectivity index (χ2v) is 29.5. The highest BCUT2D eigenvalue weighted by Gasteiger charge is 2.59. The summed E-state index contributed by atoms with van der Waals surface area (Å²) in [4.78, 5) is 95.1. The third-order valence-electron chi connectivity index (χ3n) is 17.6. The fourth-order valence-electron chi connectivity index (χ4n) is 14.0. The molecule has 0 aromatic heterocycles. The topological polar surface area (TPSA) is 199 Å². The van der Waals surface area contributed by atoms with E-state index < -0.39 is 46.4 Å². The minimum Gasteiger partial charge on any atom is -0.459 e. The Balaban J connectivity index is 1.18. The normalized spacial score (nSPS) is 24.6. The summed E-state index contributed by atoms with van der Waals surface area (Å²) in [5.41, 5.74) is -0.873. The van der Waals surface area contributed by atoms with Crippen LogP contribution in [0.3, 0.4) is 0 Å². The van der Waals surface area contributed by atoms with Gasteiger partial charge in [-0.25, -0.2) is 4.79 Å². The van der Waals surface area contributed by atoms with E-state index in [4.69, 9.17) is 18.9 Å². The summed E-state index contributed by atoms with van der Waals surface area (Å²) < 4.78 is 22.8. The summed E-state index contributed by atoms with van der Waals surface area (Å²) in [6.07, 6.45) is 18.6. The molecule has 0 aliphatic heterocycles. The zero-order valence-electron chi connectivity index (χ0n) is 53.8. The van der Waals surface area contributed by atoms with Gasteiger partial charge in [-0.1, -0.05) is 65.5 Å². The molecule has 4 aliphatic rings. The Kier molecular flexibility index (Phi) is 25.7. The molecule has 9 atom stereocenters. The van der Waals surface area contributed by atoms with Crippen LogP contribution in [0, 0.1) is 46.3 Å². The predicted octanol–water partition coefficient (Wildman–Crippen LogP) is 11.8. The van der Waals surface area contributed by atoms with Crippen molar-refractivity contribution in [3.05, 3.63) is 11.6 Å². The van der Waals surface area contributed by atoms with Crippen molar-refractivity contribution in [3.8, 4) is 0 Å². The molecular weight excluding hydrogens is 1030 g/mol. The molecule has 3 fully saturated rings. The standard InChI is InChI=1S/C65H113N5O11/c1-44(2)23-22-24-45(3)49-29-30-50-48-28-27-46-41-47(31-35-64(46,16)51(48)32-36-65(49,50)17)70(59(77)81-63(13,14)15)40-21-19-26-53(71)67-38-34-55(73)68-39-33-54(72)66-37-20-18-25-52(58(76)80-62(10,11)12)69(42-56(74)78-60(4,5)6)43-57(75)79-61(7,8)9/h27,44-45,47-52H,18-26,28-43H2,1-17H3,(H,66,72)(H,67,71)(H,68,73)/t45-,47+,48+,49-,50+,51+,52?,64+,65-/m1/s1. The van der Waals surface area contributed by atoms with E-state index >= 15 is 0 Å². The summed E-state index contributed by atoms with van der Waals surface area (Å²) in [6, 6.07) is -0.918. The van der Waals surface area contributed by atoms with Crippen LogP contribution in [0.15, 0.2) is 11.6 Å². The van der Waals surface area contributed by atoms with Gasteiger partial charge >= 0.3 is 24.0 Å². The summed E-state index contributed by atoms with van der Waals surface area (Å²) >= 11 is 0. The fraction of sp³-hybridized carbons (Fsp3) is 0.862. The molecule has 4 rings (SSSR count). The van der Waals surface area contributed by atoms with E-state index in [9.17, 15) is 33.6 Å². The van der Waals surface area contributed by atoms with Gasteiger partial charge in [-0.15, -0.1) is 0 Å². The number of hydrogen-bond acceptors (Lipinski definition) is 12. The molecule has 81 heavy (non-hydrogen) atoms. The molecule has 4 aliphatic carbocycles. The number of rotatable bonds is 28. The van der Waals surface area contributed by atoms with E-state index in [0.29, 0.717) is 50.1 Å². The Labute approximate surface area is 489 Å². The largest absolute Gasteiger partial charge is 0.459 e. The second-order valence-electron chi connectivity index (χ2n) is 29.5. The number of allylic oxidation sites excluding steroid dienone is 1. The molecule has 0 aromatic rings. The predicted molar refractivity (Wildman–Crippen MR) is 319 cm³/mol. The van der Waals surface area contributed by atoms with Crippen LogP contribution in [-0.4, -0.2) is 125 Å². The van der Waals surface area contributed by atoms with Gasteiger partial charge in [0.05, 0.1) is 13.1 Å². The molecule has 16 heteroatoms. The van der Waals surface area contributed by atoms with E-state index in [-0.39, 0.29) is 87.1 Å². The van der Waals surface area contributed by atoms with Gasteiger partial charge in [0.1, 0.15) is 28.4 Å². The van der Waals surface area contributed by atoms with Gasteiger partial charge in [0.2, 0.25) is 17.7 Å². The van der Waals surface area contributed by atoms with E-state index in [1.165, 1.54) is 49.8 Å². The Morgan fingerprint density at radius 3 is 1.70 bits per heavy atom. The van der Waals surface area contributed by atoms with Gasteiger partial charge in [-0.05, 0) is 213 Å². The van der Waals surface area contributed by atoms with Gasteiger partial charge in [0, 0.05) is 51.5 Å². The quantitative estimate of drug-likeness (QED) is 0.0290. The lowest BCUT2D eigenvalue weighted by Gasteiger charge is -2.59. The van der Waals surface area contributed by atoms with Gasteiger partial charge in [-0.3, -0.25) is 33.7 Å². The third kappa shape index (κ3) is 22.7. The minimum absolute atomic E-state index is 0.0515. The summed E-state index contributed by atoms with van der Waals surface area (Å²) in [7, 11) is 0. The zero-order chi connectivity index (χ0) is 60.7. The lowest BCUT2D eigenvalue weighted by Crippen LogP contribution is -2.53. The number of nitrogens with one attached hydrogen (secondary N) is 3. The molecular formula is C65H113N5O11. The number of carbonyl (C=O) groups excluding carboxylic acids is 7. The lowest BCUT2D eigenvalue weighted by atomic mass is 9.46. The molecule has 464 valence electrons. The highest BCUT2D eigenvalue weighted by Crippen LogP contribution is 2.67. The molecule has 16 nitrogen and oxygen atoms in total. The molecule has 0 saturated heterocycles. The molecule has 0 bridgehead atoms. The van der Waals surface area contributed by atoms with Crippen molar-refractivity contribution in [1.82, 2.24) is 25.8 Å². The van der Waals surface area contributed by atoms with Crippen molar-refractivity contribution in [1.29, 1.82) is 0 Å². The molecule has 0 spiro atoms. The highest BCUT2D eigenvalue weighted by molar-refractivity contribution is 5.81. The number of esters is 3. The van der Waals surface area contributed by atoms with Crippen molar-refractivity contribution < 1.29 is 52.5 Å².